The monoisotopic (exact) mass is 688 g/mol. The van der Waals surface area contributed by atoms with Gasteiger partial charge in [-0.3, -0.25) is 0 Å². The van der Waals surface area contributed by atoms with Crippen LogP contribution in [-0.4, -0.2) is 4.57 Å². The summed E-state index contributed by atoms with van der Waals surface area (Å²) in [5, 5.41) is 4.89. The van der Waals surface area contributed by atoms with E-state index in [2.05, 4.69) is 228 Å². The van der Waals surface area contributed by atoms with Crippen LogP contribution in [-0.2, 0) is 0 Å². The van der Waals surface area contributed by atoms with Gasteiger partial charge in [-0.15, -0.1) is 0 Å². The molecule has 2 nitrogen and oxygen atoms in total. The van der Waals surface area contributed by atoms with Crippen LogP contribution < -0.4 is 4.90 Å². The average Bonchev–Trinajstić information content (AvgIpc) is 3.58. The van der Waals surface area contributed by atoms with Gasteiger partial charge in [-0.2, -0.15) is 0 Å². The van der Waals surface area contributed by atoms with Crippen LogP contribution >= 0.6 is 0 Å². The molecule has 0 saturated heterocycles. The maximum atomic E-state index is 2.47. The fourth-order valence-corrected chi connectivity index (χ4v) is 8.07. The Balaban J connectivity index is 1.32. The van der Waals surface area contributed by atoms with Gasteiger partial charge in [0.25, 0.3) is 0 Å². The highest BCUT2D eigenvalue weighted by Gasteiger charge is 2.23. The van der Waals surface area contributed by atoms with E-state index >= 15 is 0 Å². The van der Waals surface area contributed by atoms with E-state index in [0.717, 1.165) is 28.3 Å². The molecule has 0 unspecified atom stereocenters. The fourth-order valence-electron chi connectivity index (χ4n) is 8.07. The molecule has 0 N–H and O–H groups in total. The van der Waals surface area contributed by atoms with Gasteiger partial charge in [0.2, 0.25) is 0 Å². The van der Waals surface area contributed by atoms with Crippen molar-refractivity contribution in [2.24, 2.45) is 0 Å². The van der Waals surface area contributed by atoms with Gasteiger partial charge in [-0.25, -0.2) is 0 Å². The lowest BCUT2D eigenvalue weighted by Gasteiger charge is -2.30. The van der Waals surface area contributed by atoms with Gasteiger partial charge in [-0.05, 0) is 93.2 Å². The van der Waals surface area contributed by atoms with Crippen molar-refractivity contribution in [3.63, 3.8) is 0 Å². The van der Waals surface area contributed by atoms with Crippen molar-refractivity contribution in [2.75, 3.05) is 4.90 Å². The van der Waals surface area contributed by atoms with Crippen LogP contribution in [0.3, 0.4) is 0 Å². The molecular formula is C52H36N2. The predicted molar refractivity (Wildman–Crippen MR) is 229 cm³/mol. The zero-order valence-corrected chi connectivity index (χ0v) is 29.7. The standard InChI is InChI=1S/C52H36N2/c1-5-17-37(18-6-1)41-33-42(38-19-7-2-8-20-38)35-45(34-41)53(50-32-29-39-21-13-14-26-46(39)52(50)40-22-9-3-10-23-40)44-30-31-48-47-27-15-16-28-49(47)54(51(48)36-44)43-24-11-4-12-25-43/h1-36H. The molecule has 0 aliphatic heterocycles. The third-order valence-electron chi connectivity index (χ3n) is 10.5. The normalized spacial score (nSPS) is 11.3. The highest BCUT2D eigenvalue weighted by atomic mass is 15.1. The quantitative estimate of drug-likeness (QED) is 0.162. The lowest BCUT2D eigenvalue weighted by atomic mass is 9.94. The van der Waals surface area contributed by atoms with Gasteiger partial charge in [0.15, 0.2) is 0 Å². The van der Waals surface area contributed by atoms with Crippen molar-refractivity contribution in [3.8, 4) is 39.1 Å². The molecule has 2 heteroatoms. The molecule has 54 heavy (non-hydrogen) atoms. The SMILES string of the molecule is c1ccc(-c2cc(-c3ccccc3)cc(N(c3ccc4c5ccccc5n(-c5ccccc5)c4c3)c3ccc4ccccc4c3-c3ccccc3)c2)cc1. The first-order chi connectivity index (χ1) is 26.8. The van der Waals surface area contributed by atoms with Crippen molar-refractivity contribution >= 4 is 49.6 Å². The van der Waals surface area contributed by atoms with Crippen molar-refractivity contribution in [2.45, 2.75) is 0 Å². The van der Waals surface area contributed by atoms with E-state index in [-0.39, 0.29) is 0 Å². The number of hydrogen-bond acceptors (Lipinski definition) is 1. The summed E-state index contributed by atoms with van der Waals surface area (Å²) in [7, 11) is 0. The Morgan fingerprint density at radius 1 is 0.315 bits per heavy atom. The van der Waals surface area contributed by atoms with Crippen LogP contribution in [0.4, 0.5) is 17.1 Å². The summed E-state index contributed by atoms with van der Waals surface area (Å²) in [4.78, 5) is 2.47. The van der Waals surface area contributed by atoms with Crippen LogP contribution in [0.1, 0.15) is 0 Å². The Kier molecular flexibility index (Phi) is 7.85. The Morgan fingerprint density at radius 3 is 1.52 bits per heavy atom. The molecule has 0 spiro atoms. The highest BCUT2D eigenvalue weighted by Crippen LogP contribution is 2.47. The van der Waals surface area contributed by atoms with E-state index in [1.54, 1.807) is 0 Å². The van der Waals surface area contributed by atoms with Crippen molar-refractivity contribution in [1.29, 1.82) is 0 Å². The largest absolute Gasteiger partial charge is 0.310 e. The second kappa shape index (κ2) is 13.4. The van der Waals surface area contributed by atoms with Crippen LogP contribution in [0.2, 0.25) is 0 Å². The summed E-state index contributed by atoms with van der Waals surface area (Å²) in [5.74, 6) is 0. The zero-order chi connectivity index (χ0) is 35.8. The number of aromatic nitrogens is 1. The van der Waals surface area contributed by atoms with Gasteiger partial charge in [-0.1, -0.05) is 164 Å². The second-order valence-corrected chi connectivity index (χ2v) is 13.8. The molecule has 0 aliphatic carbocycles. The first-order valence-corrected chi connectivity index (χ1v) is 18.5. The second-order valence-electron chi connectivity index (χ2n) is 13.8. The Morgan fingerprint density at radius 2 is 0.852 bits per heavy atom. The Hall–Kier alpha value is -7.16. The van der Waals surface area contributed by atoms with Gasteiger partial charge < -0.3 is 9.47 Å². The first kappa shape index (κ1) is 31.6. The number of nitrogens with zero attached hydrogens (tertiary/aromatic N) is 2. The lowest BCUT2D eigenvalue weighted by molar-refractivity contribution is 1.18. The third-order valence-corrected chi connectivity index (χ3v) is 10.5. The summed E-state index contributed by atoms with van der Waals surface area (Å²) < 4.78 is 2.40. The molecule has 0 aliphatic rings. The molecule has 1 heterocycles. The number of fused-ring (bicyclic) bond motifs is 4. The smallest absolute Gasteiger partial charge is 0.0561 e. The van der Waals surface area contributed by atoms with Gasteiger partial charge >= 0.3 is 0 Å². The summed E-state index contributed by atoms with van der Waals surface area (Å²) >= 11 is 0. The van der Waals surface area contributed by atoms with Gasteiger partial charge in [0, 0.05) is 33.4 Å². The molecule has 0 fully saturated rings. The molecule has 9 aromatic carbocycles. The van der Waals surface area contributed by atoms with E-state index in [0.29, 0.717) is 0 Å². The molecule has 10 aromatic rings. The minimum Gasteiger partial charge on any atom is -0.310 e. The minimum absolute atomic E-state index is 1.08. The van der Waals surface area contributed by atoms with Gasteiger partial charge in [0.05, 0.1) is 16.7 Å². The molecule has 0 bridgehead atoms. The molecule has 1 aromatic heterocycles. The third kappa shape index (κ3) is 5.53. The maximum Gasteiger partial charge on any atom is 0.0561 e. The number of benzene rings is 9. The molecule has 10 rings (SSSR count). The highest BCUT2D eigenvalue weighted by molar-refractivity contribution is 6.11. The van der Waals surface area contributed by atoms with Crippen molar-refractivity contribution in [1.82, 2.24) is 4.57 Å². The van der Waals surface area contributed by atoms with E-state index < -0.39 is 0 Å². The number of anilines is 3. The molecule has 0 amide bonds. The number of hydrogen-bond donors (Lipinski definition) is 0. The predicted octanol–water partition coefficient (Wildman–Crippen LogP) is 14.4. The minimum atomic E-state index is 1.08. The maximum absolute atomic E-state index is 2.47. The number of para-hydroxylation sites is 2. The van der Waals surface area contributed by atoms with Crippen molar-refractivity contribution in [3.05, 3.63) is 218 Å². The van der Waals surface area contributed by atoms with E-state index in [9.17, 15) is 0 Å². The summed E-state index contributed by atoms with van der Waals surface area (Å²) in [6.45, 7) is 0. The molecule has 254 valence electrons. The lowest BCUT2D eigenvalue weighted by Crippen LogP contribution is -2.12. The molecule has 0 atom stereocenters. The first-order valence-electron chi connectivity index (χ1n) is 18.5. The molecular weight excluding hydrogens is 653 g/mol. The van der Waals surface area contributed by atoms with Crippen LogP contribution in [0, 0.1) is 0 Å². The molecule has 0 radical (unpaired) electrons. The summed E-state index contributed by atoms with van der Waals surface area (Å²) in [6, 6.07) is 79.1. The van der Waals surface area contributed by atoms with Crippen LogP contribution in [0.15, 0.2) is 218 Å². The van der Waals surface area contributed by atoms with E-state index in [1.165, 1.54) is 60.4 Å². The van der Waals surface area contributed by atoms with E-state index in [4.69, 9.17) is 0 Å². The summed E-state index contributed by atoms with van der Waals surface area (Å²) in [6.07, 6.45) is 0. The average molecular weight is 689 g/mol. The van der Waals surface area contributed by atoms with Crippen molar-refractivity contribution < 1.29 is 0 Å². The number of rotatable bonds is 7. The Labute approximate surface area is 315 Å². The Bertz CT molecular complexity index is 2850. The van der Waals surface area contributed by atoms with Gasteiger partial charge in [0.1, 0.15) is 0 Å². The molecule has 0 saturated carbocycles. The summed E-state index contributed by atoms with van der Waals surface area (Å²) in [5.41, 5.74) is 13.8. The van der Waals surface area contributed by atoms with Crippen LogP contribution in [0.25, 0.3) is 71.6 Å². The van der Waals surface area contributed by atoms with E-state index in [1.807, 2.05) is 0 Å². The topological polar surface area (TPSA) is 8.17 Å². The fraction of sp³-hybridized carbons (Fsp3) is 0. The van der Waals surface area contributed by atoms with Crippen LogP contribution in [0.5, 0.6) is 0 Å². The zero-order valence-electron chi connectivity index (χ0n) is 29.7.